The summed E-state index contributed by atoms with van der Waals surface area (Å²) >= 11 is 0. The van der Waals surface area contributed by atoms with Gasteiger partial charge in [-0.25, -0.2) is 0 Å². The Labute approximate surface area is 68.6 Å². The van der Waals surface area contributed by atoms with E-state index in [4.69, 9.17) is 10.2 Å². The molecule has 3 nitrogen and oxygen atoms in total. The molecule has 0 fully saturated rings. The Morgan fingerprint density at radius 1 is 1.27 bits per heavy atom. The van der Waals surface area contributed by atoms with Gasteiger partial charge in [0.05, 0.1) is 0 Å². The monoisotopic (exact) mass is 160 g/mol. The van der Waals surface area contributed by atoms with Crippen LogP contribution in [0.5, 0.6) is 0 Å². The summed E-state index contributed by atoms with van der Waals surface area (Å²) in [4.78, 5) is 1.62. The van der Waals surface area contributed by atoms with E-state index in [2.05, 4.69) is 0 Å². The van der Waals surface area contributed by atoms with Crippen molar-refractivity contribution in [2.24, 2.45) is 0 Å². The smallest absolute Gasteiger partial charge is 0.106 e. The van der Waals surface area contributed by atoms with Gasteiger partial charge in [0, 0.05) is 6.54 Å². The fourth-order valence-corrected chi connectivity index (χ4v) is 0.964. The van der Waals surface area contributed by atoms with Crippen LogP contribution in [0, 0.1) is 6.42 Å². The number of aliphatic hydroxyl groups is 2. The van der Waals surface area contributed by atoms with E-state index < -0.39 is 12.5 Å². The van der Waals surface area contributed by atoms with E-state index in [0.717, 1.165) is 6.42 Å². The van der Waals surface area contributed by atoms with Crippen molar-refractivity contribution in [1.29, 1.82) is 0 Å². The van der Waals surface area contributed by atoms with Crippen molar-refractivity contribution in [2.45, 2.75) is 39.6 Å². The second-order valence-electron chi connectivity index (χ2n) is 2.70. The molecule has 0 aliphatic rings. The summed E-state index contributed by atoms with van der Waals surface area (Å²) in [5.74, 6) is 0. The minimum atomic E-state index is -0.574. The van der Waals surface area contributed by atoms with Crippen LogP contribution in [0.2, 0.25) is 0 Å². The Morgan fingerprint density at radius 3 is 2.00 bits per heavy atom. The predicted molar refractivity (Wildman–Crippen MR) is 44.7 cm³/mol. The van der Waals surface area contributed by atoms with Crippen molar-refractivity contribution >= 4 is 0 Å². The maximum atomic E-state index is 9.16. The normalized spacial score (nSPS) is 16.9. The van der Waals surface area contributed by atoms with Gasteiger partial charge in [-0.15, -0.1) is 0 Å². The third-order valence-electron chi connectivity index (χ3n) is 1.64. The van der Waals surface area contributed by atoms with E-state index in [-0.39, 0.29) is 0 Å². The molecule has 1 radical (unpaired) electrons. The van der Waals surface area contributed by atoms with Crippen LogP contribution >= 0.6 is 0 Å². The van der Waals surface area contributed by atoms with Crippen LogP contribution in [-0.2, 0) is 0 Å². The number of hydrogen-bond acceptors (Lipinski definition) is 3. The minimum absolute atomic E-state index is 0.574. The maximum Gasteiger partial charge on any atom is 0.106 e. The van der Waals surface area contributed by atoms with Crippen LogP contribution in [0.15, 0.2) is 0 Å². The first-order valence-electron chi connectivity index (χ1n) is 3.99. The molecule has 0 spiro atoms. The van der Waals surface area contributed by atoms with E-state index in [1.807, 2.05) is 13.3 Å². The maximum absolute atomic E-state index is 9.16. The van der Waals surface area contributed by atoms with E-state index >= 15 is 0 Å². The number of hydrogen-bond donors (Lipinski definition) is 2. The van der Waals surface area contributed by atoms with Crippen LogP contribution in [0.25, 0.3) is 0 Å². The fraction of sp³-hybridized carbons (Fsp3) is 0.875. The van der Waals surface area contributed by atoms with E-state index in [1.165, 1.54) is 0 Å². The molecule has 0 aromatic rings. The summed E-state index contributed by atoms with van der Waals surface area (Å²) < 4.78 is 0. The lowest BCUT2D eigenvalue weighted by Crippen LogP contribution is -2.40. The van der Waals surface area contributed by atoms with Crippen LogP contribution in [0.3, 0.4) is 0 Å². The molecule has 0 bridgehead atoms. The van der Waals surface area contributed by atoms with Crippen molar-refractivity contribution < 1.29 is 10.2 Å². The Balaban J connectivity index is 3.70. The van der Waals surface area contributed by atoms with Crippen molar-refractivity contribution in [2.75, 3.05) is 6.54 Å². The third kappa shape index (κ3) is 4.35. The Bertz CT molecular complexity index is 86.1. The van der Waals surface area contributed by atoms with Gasteiger partial charge < -0.3 is 10.2 Å². The number of rotatable bonds is 5. The van der Waals surface area contributed by atoms with E-state index in [1.54, 1.807) is 18.7 Å². The molecule has 0 rings (SSSR count). The SMILES string of the molecule is C[CH]CCN(C(C)O)C(C)O. The number of aliphatic hydroxyl groups excluding tert-OH is 2. The Hall–Kier alpha value is -0.120. The topological polar surface area (TPSA) is 43.7 Å². The highest BCUT2D eigenvalue weighted by molar-refractivity contribution is 4.64. The van der Waals surface area contributed by atoms with Gasteiger partial charge in [0.25, 0.3) is 0 Å². The summed E-state index contributed by atoms with van der Waals surface area (Å²) in [5.41, 5.74) is 0. The Kier molecular flexibility index (Phi) is 5.46. The van der Waals surface area contributed by atoms with Gasteiger partial charge in [-0.05, 0) is 26.7 Å². The molecule has 0 saturated heterocycles. The summed E-state index contributed by atoms with van der Waals surface area (Å²) in [5, 5.41) is 18.3. The van der Waals surface area contributed by atoms with E-state index in [9.17, 15) is 0 Å². The quantitative estimate of drug-likeness (QED) is 0.578. The predicted octanol–water partition coefficient (Wildman–Crippen LogP) is 0.579. The van der Waals surface area contributed by atoms with Gasteiger partial charge in [0.2, 0.25) is 0 Å². The van der Waals surface area contributed by atoms with Crippen LogP contribution in [0.1, 0.15) is 27.2 Å². The van der Waals surface area contributed by atoms with Crippen molar-refractivity contribution in [1.82, 2.24) is 4.90 Å². The molecule has 0 aromatic heterocycles. The highest BCUT2D eigenvalue weighted by Gasteiger charge is 2.14. The largest absolute Gasteiger partial charge is 0.379 e. The van der Waals surface area contributed by atoms with Gasteiger partial charge >= 0.3 is 0 Å². The molecular formula is C8H18NO2. The van der Waals surface area contributed by atoms with Crippen molar-refractivity contribution in [3.63, 3.8) is 0 Å². The summed E-state index contributed by atoms with van der Waals surface area (Å²) in [6.07, 6.45) is 1.75. The second-order valence-corrected chi connectivity index (χ2v) is 2.70. The molecule has 0 saturated carbocycles. The van der Waals surface area contributed by atoms with Crippen LogP contribution < -0.4 is 0 Å². The molecule has 67 valence electrons. The lowest BCUT2D eigenvalue weighted by Gasteiger charge is -2.27. The van der Waals surface area contributed by atoms with Crippen molar-refractivity contribution in [3.8, 4) is 0 Å². The summed E-state index contributed by atoms with van der Waals surface area (Å²) in [6.45, 7) is 5.97. The fourth-order valence-electron chi connectivity index (χ4n) is 0.964. The highest BCUT2D eigenvalue weighted by Crippen LogP contribution is 2.02. The zero-order valence-corrected chi connectivity index (χ0v) is 7.49. The van der Waals surface area contributed by atoms with Gasteiger partial charge in [-0.1, -0.05) is 6.92 Å². The molecule has 0 heterocycles. The zero-order chi connectivity index (χ0) is 8.85. The van der Waals surface area contributed by atoms with Crippen LogP contribution in [-0.4, -0.2) is 34.1 Å². The van der Waals surface area contributed by atoms with Gasteiger partial charge in [0.15, 0.2) is 0 Å². The second kappa shape index (κ2) is 5.52. The molecule has 2 unspecified atom stereocenters. The minimum Gasteiger partial charge on any atom is -0.379 e. The van der Waals surface area contributed by atoms with Crippen LogP contribution in [0.4, 0.5) is 0 Å². The molecular weight excluding hydrogens is 142 g/mol. The summed E-state index contributed by atoms with van der Waals surface area (Å²) in [7, 11) is 0. The molecule has 0 amide bonds. The van der Waals surface area contributed by atoms with Gasteiger partial charge in [0.1, 0.15) is 12.5 Å². The highest BCUT2D eigenvalue weighted by atomic mass is 16.3. The molecule has 0 aromatic carbocycles. The molecule has 0 aliphatic heterocycles. The number of nitrogens with zero attached hydrogens (tertiary/aromatic N) is 1. The zero-order valence-electron chi connectivity index (χ0n) is 7.49. The Morgan fingerprint density at radius 2 is 1.73 bits per heavy atom. The first-order chi connectivity index (χ1) is 5.09. The molecule has 3 heteroatoms. The average Bonchev–Trinajstić information content (AvgIpc) is 1.87. The van der Waals surface area contributed by atoms with E-state index in [0.29, 0.717) is 6.54 Å². The third-order valence-corrected chi connectivity index (χ3v) is 1.64. The number of unbranched alkanes of at least 4 members (excludes halogenated alkanes) is 1. The molecule has 2 atom stereocenters. The van der Waals surface area contributed by atoms with Gasteiger partial charge in [-0.2, -0.15) is 0 Å². The first-order valence-corrected chi connectivity index (χ1v) is 3.99. The average molecular weight is 160 g/mol. The lowest BCUT2D eigenvalue weighted by atomic mass is 10.3. The summed E-state index contributed by atoms with van der Waals surface area (Å²) in [6, 6.07) is 0. The molecule has 11 heavy (non-hydrogen) atoms. The molecule has 2 N–H and O–H groups in total. The first kappa shape index (κ1) is 10.9. The standard InChI is InChI=1S/C8H18NO2/c1-4-5-6-9(7(2)10)8(3)11/h4,7-8,10-11H,5-6H2,1-3H3. The van der Waals surface area contributed by atoms with Crippen molar-refractivity contribution in [3.05, 3.63) is 6.42 Å². The molecule has 0 aliphatic carbocycles. The lowest BCUT2D eigenvalue weighted by molar-refractivity contribution is -0.0832. The van der Waals surface area contributed by atoms with Gasteiger partial charge in [-0.3, -0.25) is 4.90 Å².